The van der Waals surface area contributed by atoms with Crippen molar-refractivity contribution >= 4 is 10.0 Å². The van der Waals surface area contributed by atoms with E-state index in [9.17, 15) is 12.8 Å². The van der Waals surface area contributed by atoms with Gasteiger partial charge < -0.3 is 4.42 Å². The SMILES string of the molecule is Cc1ccc(C)c(S(=O)(=O)NCCc2nnc(-c3ccc(F)cc3)o2)c1. The van der Waals surface area contributed by atoms with Crippen molar-refractivity contribution in [3.05, 3.63) is 65.3 Å². The van der Waals surface area contributed by atoms with Gasteiger partial charge in [-0.25, -0.2) is 17.5 Å². The Morgan fingerprint density at radius 1 is 1.08 bits per heavy atom. The summed E-state index contributed by atoms with van der Waals surface area (Å²) in [4.78, 5) is 0.259. The van der Waals surface area contributed by atoms with Gasteiger partial charge in [0.15, 0.2) is 0 Å². The fourth-order valence-corrected chi connectivity index (χ4v) is 3.79. The average molecular weight is 375 g/mol. The first-order valence-corrected chi connectivity index (χ1v) is 9.49. The van der Waals surface area contributed by atoms with Gasteiger partial charge in [0.1, 0.15) is 5.82 Å². The van der Waals surface area contributed by atoms with Crippen LogP contribution in [0.2, 0.25) is 0 Å². The molecule has 0 aliphatic heterocycles. The van der Waals surface area contributed by atoms with Gasteiger partial charge in [0, 0.05) is 18.5 Å². The molecule has 0 fully saturated rings. The Morgan fingerprint density at radius 2 is 1.81 bits per heavy atom. The second-order valence-corrected chi connectivity index (χ2v) is 7.66. The molecule has 0 aliphatic carbocycles. The molecule has 0 spiro atoms. The van der Waals surface area contributed by atoms with Crippen molar-refractivity contribution in [1.29, 1.82) is 0 Å². The summed E-state index contributed by atoms with van der Waals surface area (Å²) in [6.07, 6.45) is 0.248. The lowest BCUT2D eigenvalue weighted by Gasteiger charge is -2.09. The number of hydrogen-bond donors (Lipinski definition) is 1. The molecule has 0 saturated carbocycles. The molecule has 26 heavy (non-hydrogen) atoms. The molecule has 136 valence electrons. The van der Waals surface area contributed by atoms with E-state index < -0.39 is 10.0 Å². The third-order valence-electron chi connectivity index (χ3n) is 3.82. The normalized spacial score (nSPS) is 11.7. The summed E-state index contributed by atoms with van der Waals surface area (Å²) < 4.78 is 45.9. The average Bonchev–Trinajstić information content (AvgIpc) is 3.06. The first-order valence-electron chi connectivity index (χ1n) is 8.00. The molecule has 0 aliphatic rings. The number of nitrogens with zero attached hydrogens (tertiary/aromatic N) is 2. The van der Waals surface area contributed by atoms with E-state index in [-0.39, 0.29) is 29.6 Å². The van der Waals surface area contributed by atoms with E-state index in [1.165, 1.54) is 24.3 Å². The molecule has 1 aromatic heterocycles. The zero-order chi connectivity index (χ0) is 18.7. The van der Waals surface area contributed by atoms with Crippen LogP contribution in [0.25, 0.3) is 11.5 Å². The molecule has 0 bridgehead atoms. The topological polar surface area (TPSA) is 85.1 Å². The second kappa shape index (κ2) is 7.35. The highest BCUT2D eigenvalue weighted by Crippen LogP contribution is 2.19. The summed E-state index contributed by atoms with van der Waals surface area (Å²) in [5, 5.41) is 7.79. The molecule has 8 heteroatoms. The monoisotopic (exact) mass is 375 g/mol. The van der Waals surface area contributed by atoms with Gasteiger partial charge in [-0.05, 0) is 55.3 Å². The van der Waals surface area contributed by atoms with Gasteiger partial charge in [0.2, 0.25) is 21.8 Å². The maximum Gasteiger partial charge on any atom is 0.247 e. The van der Waals surface area contributed by atoms with Crippen LogP contribution < -0.4 is 4.72 Å². The molecule has 3 rings (SSSR count). The first-order chi connectivity index (χ1) is 12.3. The van der Waals surface area contributed by atoms with Crippen molar-refractivity contribution in [2.75, 3.05) is 6.54 Å². The van der Waals surface area contributed by atoms with E-state index in [0.29, 0.717) is 17.0 Å². The number of nitrogens with one attached hydrogen (secondary N) is 1. The minimum Gasteiger partial charge on any atom is -0.421 e. The Balaban J connectivity index is 1.65. The molecule has 6 nitrogen and oxygen atoms in total. The van der Waals surface area contributed by atoms with Crippen LogP contribution in [0, 0.1) is 19.7 Å². The highest BCUT2D eigenvalue weighted by molar-refractivity contribution is 7.89. The van der Waals surface area contributed by atoms with Gasteiger partial charge in [-0.2, -0.15) is 0 Å². The number of hydrogen-bond acceptors (Lipinski definition) is 5. The van der Waals surface area contributed by atoms with Crippen molar-refractivity contribution in [2.45, 2.75) is 25.2 Å². The number of sulfonamides is 1. The van der Waals surface area contributed by atoms with Gasteiger partial charge in [-0.3, -0.25) is 0 Å². The third-order valence-corrected chi connectivity index (χ3v) is 5.43. The summed E-state index contributed by atoms with van der Waals surface area (Å²) in [5.74, 6) is 0.208. The second-order valence-electron chi connectivity index (χ2n) is 5.92. The predicted molar refractivity (Wildman–Crippen MR) is 94.5 cm³/mol. The number of rotatable bonds is 6. The Kier molecular flexibility index (Phi) is 5.15. The van der Waals surface area contributed by atoms with Crippen LogP contribution in [0.3, 0.4) is 0 Å². The van der Waals surface area contributed by atoms with E-state index in [4.69, 9.17) is 4.42 Å². The van der Waals surface area contributed by atoms with Crippen LogP contribution in [0.4, 0.5) is 4.39 Å². The molecule has 1 N–H and O–H groups in total. The molecule has 0 radical (unpaired) electrons. The molecule has 0 atom stereocenters. The largest absolute Gasteiger partial charge is 0.421 e. The van der Waals surface area contributed by atoms with Gasteiger partial charge in [0.05, 0.1) is 4.90 Å². The number of aromatic nitrogens is 2. The van der Waals surface area contributed by atoms with Crippen LogP contribution in [0.15, 0.2) is 51.8 Å². The van der Waals surface area contributed by atoms with E-state index in [0.717, 1.165) is 5.56 Å². The number of aryl methyl sites for hydroxylation is 2. The van der Waals surface area contributed by atoms with Crippen LogP contribution in [0.5, 0.6) is 0 Å². The lowest BCUT2D eigenvalue weighted by molar-refractivity contribution is 0.501. The standard InChI is InChI=1S/C18H18FN3O3S/c1-12-3-4-13(2)16(11-12)26(23,24)20-10-9-17-21-22-18(25-17)14-5-7-15(19)8-6-14/h3-8,11,20H,9-10H2,1-2H3. The van der Waals surface area contributed by atoms with E-state index >= 15 is 0 Å². The zero-order valence-corrected chi connectivity index (χ0v) is 15.2. The molecular weight excluding hydrogens is 357 g/mol. The van der Waals surface area contributed by atoms with Crippen molar-refractivity contribution < 1.29 is 17.2 Å². The molecule has 0 amide bonds. The fraction of sp³-hybridized carbons (Fsp3) is 0.222. The molecule has 2 aromatic carbocycles. The van der Waals surface area contributed by atoms with E-state index in [1.54, 1.807) is 19.1 Å². The Labute approximate surface area is 151 Å². The Bertz CT molecular complexity index is 1010. The summed E-state index contributed by atoms with van der Waals surface area (Å²) in [6.45, 7) is 3.72. The Hall–Kier alpha value is -2.58. The van der Waals surface area contributed by atoms with Crippen LogP contribution >= 0.6 is 0 Å². The van der Waals surface area contributed by atoms with E-state index in [2.05, 4.69) is 14.9 Å². The quantitative estimate of drug-likeness (QED) is 0.716. The van der Waals surface area contributed by atoms with Crippen molar-refractivity contribution in [2.24, 2.45) is 0 Å². The summed E-state index contributed by atoms with van der Waals surface area (Å²) in [6, 6.07) is 11.0. The minimum absolute atomic E-state index is 0.126. The number of halogens is 1. The lowest BCUT2D eigenvalue weighted by atomic mass is 10.2. The molecular formula is C18H18FN3O3S. The molecule has 3 aromatic rings. The van der Waals surface area contributed by atoms with Gasteiger partial charge >= 0.3 is 0 Å². The first kappa shape index (κ1) is 18.2. The Morgan fingerprint density at radius 3 is 2.54 bits per heavy atom. The molecule has 0 unspecified atom stereocenters. The van der Waals surface area contributed by atoms with Gasteiger partial charge in [-0.1, -0.05) is 12.1 Å². The molecule has 0 saturated heterocycles. The summed E-state index contributed by atoms with van der Waals surface area (Å²) >= 11 is 0. The van der Waals surface area contributed by atoms with Crippen LogP contribution in [-0.2, 0) is 16.4 Å². The highest BCUT2D eigenvalue weighted by atomic mass is 32.2. The fourth-order valence-electron chi connectivity index (χ4n) is 2.43. The highest BCUT2D eigenvalue weighted by Gasteiger charge is 2.17. The van der Waals surface area contributed by atoms with Crippen LogP contribution in [-0.4, -0.2) is 25.2 Å². The smallest absolute Gasteiger partial charge is 0.247 e. The summed E-state index contributed by atoms with van der Waals surface area (Å²) in [5.41, 5.74) is 2.15. The van der Waals surface area contributed by atoms with Crippen molar-refractivity contribution in [3.63, 3.8) is 0 Å². The van der Waals surface area contributed by atoms with Crippen LogP contribution in [0.1, 0.15) is 17.0 Å². The van der Waals surface area contributed by atoms with Crippen molar-refractivity contribution in [3.8, 4) is 11.5 Å². The molecule has 1 heterocycles. The zero-order valence-electron chi connectivity index (χ0n) is 14.4. The number of benzene rings is 2. The maximum atomic E-state index is 12.9. The minimum atomic E-state index is -3.62. The van der Waals surface area contributed by atoms with Crippen molar-refractivity contribution in [1.82, 2.24) is 14.9 Å². The maximum absolute atomic E-state index is 12.9. The van der Waals surface area contributed by atoms with Gasteiger partial charge in [0.25, 0.3) is 0 Å². The lowest BCUT2D eigenvalue weighted by Crippen LogP contribution is -2.26. The predicted octanol–water partition coefficient (Wildman–Crippen LogP) is 3.01. The third kappa shape index (κ3) is 4.14. The van der Waals surface area contributed by atoms with Gasteiger partial charge in [-0.15, -0.1) is 10.2 Å². The van der Waals surface area contributed by atoms with E-state index in [1.807, 2.05) is 13.0 Å². The summed E-state index contributed by atoms with van der Waals surface area (Å²) in [7, 11) is -3.62.